The number of carbonyl (C=O) groups excluding carboxylic acids is 1. The highest BCUT2D eigenvalue weighted by atomic mass is 79.9. The molecule has 4 nitrogen and oxygen atoms in total. The summed E-state index contributed by atoms with van der Waals surface area (Å²) in [5.41, 5.74) is 1.57. The summed E-state index contributed by atoms with van der Waals surface area (Å²) in [6.07, 6.45) is -0.762. The Morgan fingerprint density at radius 3 is 2.57 bits per heavy atom. The number of nitrogens with one attached hydrogen (secondary N) is 1. The van der Waals surface area contributed by atoms with Crippen LogP contribution in [-0.2, 0) is 4.79 Å². The van der Waals surface area contributed by atoms with Crippen LogP contribution in [0, 0.1) is 12.7 Å². The van der Waals surface area contributed by atoms with Crippen molar-refractivity contribution in [3.05, 3.63) is 52.3 Å². The van der Waals surface area contributed by atoms with Gasteiger partial charge in [-0.1, -0.05) is 6.07 Å². The molecule has 0 saturated carbocycles. The fourth-order valence-corrected chi connectivity index (χ4v) is 2.41. The molecule has 0 saturated heterocycles. The lowest BCUT2D eigenvalue weighted by Gasteiger charge is -2.17. The highest BCUT2D eigenvalue weighted by molar-refractivity contribution is 9.10. The molecule has 1 atom stereocenters. The van der Waals surface area contributed by atoms with Crippen LogP contribution in [0.1, 0.15) is 12.5 Å². The molecule has 0 aliphatic rings. The molecule has 6 heteroatoms. The molecule has 2 aromatic carbocycles. The zero-order chi connectivity index (χ0) is 17.0. The van der Waals surface area contributed by atoms with E-state index in [-0.39, 0.29) is 11.7 Å². The average Bonchev–Trinajstić information content (AvgIpc) is 2.50. The molecule has 0 aliphatic carbocycles. The molecule has 122 valence electrons. The number of rotatable bonds is 5. The van der Waals surface area contributed by atoms with E-state index in [1.165, 1.54) is 25.3 Å². The molecule has 23 heavy (non-hydrogen) atoms. The zero-order valence-electron chi connectivity index (χ0n) is 13.0. The molecule has 0 radical (unpaired) electrons. The minimum absolute atomic E-state index is 0.329. The Morgan fingerprint density at radius 1 is 1.22 bits per heavy atom. The smallest absolute Gasteiger partial charge is 0.265 e. The Morgan fingerprint density at radius 2 is 1.91 bits per heavy atom. The van der Waals surface area contributed by atoms with Gasteiger partial charge >= 0.3 is 0 Å². The lowest BCUT2D eigenvalue weighted by atomic mass is 10.2. The first-order valence-corrected chi connectivity index (χ1v) is 7.77. The molecule has 1 amide bonds. The largest absolute Gasteiger partial charge is 0.495 e. The summed E-state index contributed by atoms with van der Waals surface area (Å²) in [6, 6.07) is 9.52. The van der Waals surface area contributed by atoms with Gasteiger partial charge in [-0.15, -0.1) is 0 Å². The zero-order valence-corrected chi connectivity index (χ0v) is 14.6. The normalized spacial score (nSPS) is 11.7. The van der Waals surface area contributed by atoms with Crippen LogP contribution in [0.3, 0.4) is 0 Å². The van der Waals surface area contributed by atoms with E-state index in [4.69, 9.17) is 9.47 Å². The Balaban J connectivity index is 2.10. The van der Waals surface area contributed by atoms with Gasteiger partial charge in [-0.05, 0) is 65.7 Å². The number of anilines is 1. The highest BCUT2D eigenvalue weighted by Gasteiger charge is 2.18. The van der Waals surface area contributed by atoms with E-state index >= 15 is 0 Å². The predicted octanol–water partition coefficient (Wildman–Crippen LogP) is 4.31. The molecule has 2 aromatic rings. The first-order chi connectivity index (χ1) is 10.9. The maximum atomic E-state index is 13.1. The minimum atomic E-state index is -0.762. The molecule has 0 heterocycles. The molecule has 0 fully saturated rings. The molecular weight excluding hydrogens is 365 g/mol. The molecule has 0 bridgehead atoms. The summed E-state index contributed by atoms with van der Waals surface area (Å²) in [6.45, 7) is 3.54. The van der Waals surface area contributed by atoms with Crippen LogP contribution >= 0.6 is 15.9 Å². The maximum Gasteiger partial charge on any atom is 0.265 e. The summed E-state index contributed by atoms with van der Waals surface area (Å²) in [5.74, 6) is 0.250. The predicted molar refractivity (Wildman–Crippen MR) is 90.6 cm³/mol. The van der Waals surface area contributed by atoms with E-state index in [1.807, 2.05) is 19.1 Å². The number of halogens is 2. The fraction of sp³-hybridized carbons (Fsp3) is 0.235. The second-order valence-electron chi connectivity index (χ2n) is 5.03. The molecule has 0 aromatic heterocycles. The summed E-state index contributed by atoms with van der Waals surface area (Å²) >= 11 is 3.21. The molecule has 2 rings (SSSR count). The molecule has 0 aliphatic heterocycles. The maximum absolute atomic E-state index is 13.1. The van der Waals surface area contributed by atoms with Crippen molar-refractivity contribution in [1.82, 2.24) is 0 Å². The fourth-order valence-electron chi connectivity index (χ4n) is 1.97. The third kappa shape index (κ3) is 4.45. The summed E-state index contributed by atoms with van der Waals surface area (Å²) in [7, 11) is 1.54. The summed E-state index contributed by atoms with van der Waals surface area (Å²) in [5, 5.41) is 2.77. The van der Waals surface area contributed by atoms with Gasteiger partial charge in [-0.2, -0.15) is 0 Å². The second-order valence-corrected chi connectivity index (χ2v) is 5.88. The van der Waals surface area contributed by atoms with Gasteiger partial charge in [0.1, 0.15) is 17.3 Å². The Bertz CT molecular complexity index is 721. The second kappa shape index (κ2) is 7.46. The van der Waals surface area contributed by atoms with Crippen LogP contribution in [0.2, 0.25) is 0 Å². The van der Waals surface area contributed by atoms with Crippen LogP contribution in [0.15, 0.2) is 40.9 Å². The van der Waals surface area contributed by atoms with Crippen molar-refractivity contribution in [3.8, 4) is 11.5 Å². The van der Waals surface area contributed by atoms with Gasteiger partial charge in [0.15, 0.2) is 6.10 Å². The van der Waals surface area contributed by atoms with Crippen molar-refractivity contribution < 1.29 is 18.7 Å². The molecular formula is C17H17BrFNO3. The van der Waals surface area contributed by atoms with Crippen molar-refractivity contribution in [2.24, 2.45) is 0 Å². The van der Waals surface area contributed by atoms with Crippen LogP contribution in [0.25, 0.3) is 0 Å². The van der Waals surface area contributed by atoms with Crippen molar-refractivity contribution >= 4 is 27.5 Å². The SMILES string of the molecule is COc1ccc(C)cc1NC(=O)C(C)Oc1ccc(F)cc1Br. The number of benzene rings is 2. The van der Waals surface area contributed by atoms with Gasteiger partial charge in [-0.3, -0.25) is 4.79 Å². The van der Waals surface area contributed by atoms with E-state index in [2.05, 4.69) is 21.2 Å². The molecule has 0 spiro atoms. The van der Waals surface area contributed by atoms with Gasteiger partial charge in [-0.25, -0.2) is 4.39 Å². The van der Waals surface area contributed by atoms with Crippen molar-refractivity contribution in [1.29, 1.82) is 0 Å². The van der Waals surface area contributed by atoms with Gasteiger partial charge in [0.25, 0.3) is 5.91 Å². The standard InChI is InChI=1S/C17H17BrFNO3/c1-10-4-6-16(22-3)14(8-10)20-17(21)11(2)23-15-7-5-12(19)9-13(15)18/h4-9,11H,1-3H3,(H,20,21). The summed E-state index contributed by atoms with van der Waals surface area (Å²) < 4.78 is 24.3. The molecule has 1 unspecified atom stereocenters. The van der Waals surface area contributed by atoms with Crippen molar-refractivity contribution in [2.45, 2.75) is 20.0 Å². The Kier molecular flexibility index (Phi) is 5.60. The minimum Gasteiger partial charge on any atom is -0.495 e. The number of carbonyl (C=O) groups is 1. The number of methoxy groups -OCH3 is 1. The Labute approximate surface area is 142 Å². The topological polar surface area (TPSA) is 47.6 Å². The monoisotopic (exact) mass is 381 g/mol. The van der Waals surface area contributed by atoms with Gasteiger partial charge in [0.2, 0.25) is 0 Å². The number of amides is 1. The van der Waals surface area contributed by atoms with E-state index < -0.39 is 6.10 Å². The van der Waals surface area contributed by atoms with Crippen molar-refractivity contribution in [3.63, 3.8) is 0 Å². The van der Waals surface area contributed by atoms with Gasteiger partial charge in [0, 0.05) is 0 Å². The lowest BCUT2D eigenvalue weighted by Crippen LogP contribution is -2.30. The van der Waals surface area contributed by atoms with Gasteiger partial charge in [0.05, 0.1) is 17.3 Å². The lowest BCUT2D eigenvalue weighted by molar-refractivity contribution is -0.122. The number of ether oxygens (including phenoxy) is 2. The third-order valence-corrected chi connectivity index (χ3v) is 3.80. The number of hydrogen-bond donors (Lipinski definition) is 1. The highest BCUT2D eigenvalue weighted by Crippen LogP contribution is 2.28. The van der Waals surface area contributed by atoms with E-state index in [9.17, 15) is 9.18 Å². The van der Waals surface area contributed by atoms with Crippen molar-refractivity contribution in [2.75, 3.05) is 12.4 Å². The van der Waals surface area contributed by atoms with Gasteiger partial charge < -0.3 is 14.8 Å². The quantitative estimate of drug-likeness (QED) is 0.839. The van der Waals surface area contributed by atoms with Crippen LogP contribution in [-0.4, -0.2) is 19.1 Å². The molecule has 1 N–H and O–H groups in total. The van der Waals surface area contributed by atoms with Crippen LogP contribution in [0.5, 0.6) is 11.5 Å². The number of hydrogen-bond acceptors (Lipinski definition) is 3. The van der Waals surface area contributed by atoms with Crippen LogP contribution < -0.4 is 14.8 Å². The third-order valence-electron chi connectivity index (χ3n) is 3.18. The van der Waals surface area contributed by atoms with Crippen LogP contribution in [0.4, 0.5) is 10.1 Å². The number of aryl methyl sites for hydroxylation is 1. The first-order valence-electron chi connectivity index (χ1n) is 6.98. The van der Waals surface area contributed by atoms with E-state index in [0.717, 1.165) is 5.56 Å². The summed E-state index contributed by atoms with van der Waals surface area (Å²) in [4.78, 5) is 12.3. The Hall–Kier alpha value is -2.08. The first kappa shape index (κ1) is 17.3. The van der Waals surface area contributed by atoms with E-state index in [0.29, 0.717) is 21.7 Å². The van der Waals surface area contributed by atoms with E-state index in [1.54, 1.807) is 13.0 Å². The average molecular weight is 382 g/mol.